The topological polar surface area (TPSA) is 84.9 Å². The van der Waals surface area contributed by atoms with Crippen molar-refractivity contribution in [3.8, 4) is 5.75 Å². The van der Waals surface area contributed by atoms with Crippen LogP contribution < -0.4 is 15.0 Å². The number of nitrogens with zero attached hydrogens (tertiary/aromatic N) is 1. The molecule has 0 atom stereocenters. The van der Waals surface area contributed by atoms with Crippen molar-refractivity contribution >= 4 is 85.4 Å². The van der Waals surface area contributed by atoms with Gasteiger partial charge in [-0.1, -0.05) is 12.1 Å². The average Bonchev–Trinajstić information content (AvgIpc) is 2.71. The number of benzene rings is 2. The summed E-state index contributed by atoms with van der Waals surface area (Å²) < 4.78 is 25.4. The molecule has 7 nitrogen and oxygen atoms in total. The first-order valence-corrected chi connectivity index (χ1v) is 10.9. The van der Waals surface area contributed by atoms with Crippen LogP contribution in [0.5, 0.6) is 5.75 Å². The maximum absolute atomic E-state index is 14.2. The van der Waals surface area contributed by atoms with Crippen LogP contribution in [-0.2, 0) is 19.1 Å². The van der Waals surface area contributed by atoms with Gasteiger partial charge in [-0.3, -0.25) is 14.9 Å². The predicted molar refractivity (Wildman–Crippen MR) is 127 cm³/mol. The van der Waals surface area contributed by atoms with Crippen molar-refractivity contribution in [2.45, 2.75) is 0 Å². The van der Waals surface area contributed by atoms with Crippen LogP contribution in [0.2, 0.25) is 0 Å². The van der Waals surface area contributed by atoms with Gasteiger partial charge in [-0.15, -0.1) is 0 Å². The van der Waals surface area contributed by atoms with Gasteiger partial charge in [-0.2, -0.15) is 0 Å². The summed E-state index contributed by atoms with van der Waals surface area (Å²) in [5.74, 6) is -2.24. The highest BCUT2D eigenvalue weighted by atomic mass is 127. The Kier molecular flexibility index (Phi) is 7.38. The number of esters is 1. The normalized spacial score (nSPS) is 15.2. The molecule has 0 aliphatic carbocycles. The maximum atomic E-state index is 14.2. The van der Waals surface area contributed by atoms with Crippen LogP contribution in [0, 0.1) is 9.39 Å². The minimum Gasteiger partial charge on any atom is -0.480 e. The molecule has 0 aromatic heterocycles. The first-order chi connectivity index (χ1) is 14.7. The number of para-hydroxylation sites is 1. The number of carbonyl (C=O) groups excluding carboxylic acids is 3. The largest absolute Gasteiger partial charge is 0.480 e. The number of amides is 2. The number of nitrogens with one attached hydrogen (secondary N) is 1. The number of hydrogen-bond acceptors (Lipinski definition) is 6. The zero-order chi connectivity index (χ0) is 22.7. The van der Waals surface area contributed by atoms with E-state index in [9.17, 15) is 18.8 Å². The fourth-order valence-electron chi connectivity index (χ4n) is 2.67. The van der Waals surface area contributed by atoms with E-state index in [2.05, 4.69) is 26.0 Å². The lowest BCUT2D eigenvalue weighted by Gasteiger charge is -2.29. The second kappa shape index (κ2) is 9.83. The molecular weight excluding hydrogens is 606 g/mol. The summed E-state index contributed by atoms with van der Waals surface area (Å²) in [6, 6.07) is 8.89. The number of halogens is 3. The Morgan fingerprint density at radius 1 is 1.32 bits per heavy atom. The van der Waals surface area contributed by atoms with E-state index in [4.69, 9.17) is 17.0 Å². The molecule has 1 fully saturated rings. The Hall–Kier alpha value is -2.38. The molecule has 0 unspecified atom stereocenters. The van der Waals surface area contributed by atoms with E-state index in [0.29, 0.717) is 19.4 Å². The fraction of sp³-hybridized carbons (Fsp3) is 0.100. The van der Waals surface area contributed by atoms with E-state index < -0.39 is 23.6 Å². The molecule has 1 aliphatic heterocycles. The monoisotopic (exact) mass is 618 g/mol. The molecule has 1 heterocycles. The molecule has 0 bridgehead atoms. The first-order valence-electron chi connectivity index (χ1n) is 8.57. The Bertz CT molecular complexity index is 1120. The Morgan fingerprint density at radius 2 is 2.03 bits per heavy atom. The number of anilines is 1. The van der Waals surface area contributed by atoms with E-state index in [-0.39, 0.29) is 23.0 Å². The molecule has 3 rings (SSSR count). The van der Waals surface area contributed by atoms with E-state index in [1.807, 2.05) is 22.6 Å². The fourth-order valence-corrected chi connectivity index (χ4v) is 4.71. The predicted octanol–water partition coefficient (Wildman–Crippen LogP) is 3.58. The second-order valence-corrected chi connectivity index (χ2v) is 8.49. The molecular formula is C20H13BrFIN2O5S. The molecule has 0 saturated carbocycles. The molecule has 11 heteroatoms. The summed E-state index contributed by atoms with van der Waals surface area (Å²) in [5, 5.41) is 2.20. The highest BCUT2D eigenvalue weighted by molar-refractivity contribution is 14.1. The van der Waals surface area contributed by atoms with Crippen molar-refractivity contribution in [3.63, 3.8) is 0 Å². The van der Waals surface area contributed by atoms with E-state index in [1.165, 1.54) is 31.4 Å². The standard InChI is InChI=1S/C20H13BrFIN2O5S/c1-29-16(26)9-30-17-12(21)7-10(8-14(17)23)6-11-18(27)24-20(31)25(19(11)28)15-5-3-2-4-13(15)22/h2-8H,9H2,1H3,(H,24,27,31)/b11-6+. The number of rotatable bonds is 5. The van der Waals surface area contributed by atoms with Crippen molar-refractivity contribution < 1.29 is 28.2 Å². The lowest BCUT2D eigenvalue weighted by Crippen LogP contribution is -2.54. The van der Waals surface area contributed by atoms with Crippen molar-refractivity contribution in [2.24, 2.45) is 0 Å². The molecule has 1 saturated heterocycles. The lowest BCUT2D eigenvalue weighted by atomic mass is 10.1. The summed E-state index contributed by atoms with van der Waals surface area (Å²) >= 11 is 10.4. The van der Waals surface area contributed by atoms with Crippen molar-refractivity contribution in [2.75, 3.05) is 18.6 Å². The second-order valence-electron chi connectivity index (χ2n) is 6.09. The number of carbonyl (C=O) groups is 3. The van der Waals surface area contributed by atoms with Crippen LogP contribution in [0.4, 0.5) is 10.1 Å². The zero-order valence-electron chi connectivity index (χ0n) is 15.8. The molecule has 2 amide bonds. The summed E-state index contributed by atoms with van der Waals surface area (Å²) in [6.45, 7) is -0.276. The molecule has 2 aromatic carbocycles. The van der Waals surface area contributed by atoms with E-state index in [0.717, 1.165) is 4.90 Å². The third-order valence-electron chi connectivity index (χ3n) is 4.09. The third-order valence-corrected chi connectivity index (χ3v) is 5.76. The Morgan fingerprint density at radius 3 is 2.68 bits per heavy atom. The van der Waals surface area contributed by atoms with Gasteiger partial charge in [0.1, 0.15) is 17.1 Å². The van der Waals surface area contributed by atoms with Crippen LogP contribution in [0.25, 0.3) is 6.08 Å². The maximum Gasteiger partial charge on any atom is 0.343 e. The summed E-state index contributed by atoms with van der Waals surface area (Å²) in [7, 11) is 1.25. The van der Waals surface area contributed by atoms with Crippen molar-refractivity contribution in [3.05, 3.63) is 61.4 Å². The van der Waals surface area contributed by atoms with Gasteiger partial charge in [0.25, 0.3) is 11.8 Å². The SMILES string of the molecule is COC(=O)COc1c(Br)cc(/C=C2\C(=O)NC(=S)N(c3ccccc3F)C2=O)cc1I. The van der Waals surface area contributed by atoms with E-state index in [1.54, 1.807) is 18.2 Å². The number of thiocarbonyl (C=S) groups is 1. The number of hydrogen-bond donors (Lipinski definition) is 1. The highest BCUT2D eigenvalue weighted by Crippen LogP contribution is 2.33. The molecule has 1 aliphatic rings. The Balaban J connectivity index is 1.95. The molecule has 2 aromatic rings. The van der Waals surface area contributed by atoms with Gasteiger partial charge in [0.05, 0.1) is 20.8 Å². The quantitative estimate of drug-likeness (QED) is 0.181. The van der Waals surface area contributed by atoms with Gasteiger partial charge >= 0.3 is 5.97 Å². The molecule has 0 spiro atoms. The van der Waals surface area contributed by atoms with Crippen molar-refractivity contribution in [1.29, 1.82) is 0 Å². The molecule has 1 N–H and O–H groups in total. The number of ether oxygens (including phenoxy) is 2. The molecule has 0 radical (unpaired) electrons. The van der Waals surface area contributed by atoms with Crippen molar-refractivity contribution in [1.82, 2.24) is 5.32 Å². The smallest absolute Gasteiger partial charge is 0.343 e. The van der Waals surface area contributed by atoms with Crippen LogP contribution in [0.1, 0.15) is 5.56 Å². The van der Waals surface area contributed by atoms with Gasteiger partial charge in [-0.05, 0) is 86.6 Å². The minimum absolute atomic E-state index is 0.0641. The van der Waals surface area contributed by atoms with Crippen LogP contribution in [-0.4, -0.2) is 36.6 Å². The summed E-state index contributed by atoms with van der Waals surface area (Å²) in [6.07, 6.45) is 1.37. The summed E-state index contributed by atoms with van der Waals surface area (Å²) in [4.78, 5) is 37.7. The molecule has 31 heavy (non-hydrogen) atoms. The van der Waals surface area contributed by atoms with Gasteiger partial charge in [0.2, 0.25) is 0 Å². The lowest BCUT2D eigenvalue weighted by molar-refractivity contribution is -0.143. The van der Waals surface area contributed by atoms with Crippen LogP contribution in [0.3, 0.4) is 0 Å². The minimum atomic E-state index is -0.754. The Labute approximate surface area is 203 Å². The first kappa shape index (κ1) is 23.3. The van der Waals surface area contributed by atoms with Crippen LogP contribution >= 0.6 is 50.7 Å². The van der Waals surface area contributed by atoms with Gasteiger partial charge in [-0.25, -0.2) is 14.1 Å². The number of methoxy groups -OCH3 is 1. The van der Waals surface area contributed by atoms with Gasteiger partial charge in [0, 0.05) is 0 Å². The van der Waals surface area contributed by atoms with Gasteiger partial charge in [0.15, 0.2) is 11.7 Å². The highest BCUT2D eigenvalue weighted by Gasteiger charge is 2.35. The average molecular weight is 619 g/mol. The zero-order valence-corrected chi connectivity index (χ0v) is 20.3. The van der Waals surface area contributed by atoms with E-state index >= 15 is 0 Å². The molecule has 160 valence electrons. The summed E-state index contributed by atoms with van der Waals surface area (Å²) in [5.41, 5.74) is 0.218. The third kappa shape index (κ3) is 5.10. The van der Waals surface area contributed by atoms with Crippen LogP contribution in [0.15, 0.2) is 46.4 Å². The van der Waals surface area contributed by atoms with Gasteiger partial charge < -0.3 is 9.47 Å².